The first kappa shape index (κ1) is 16.0. The van der Waals surface area contributed by atoms with E-state index in [4.69, 9.17) is 5.26 Å². The van der Waals surface area contributed by atoms with Gasteiger partial charge in [-0.15, -0.1) is 0 Å². The van der Waals surface area contributed by atoms with Crippen LogP contribution in [0.3, 0.4) is 0 Å². The highest BCUT2D eigenvalue weighted by Crippen LogP contribution is 2.09. The molecular weight excluding hydrogens is 286 g/mol. The van der Waals surface area contributed by atoms with E-state index in [1.807, 2.05) is 6.07 Å². The van der Waals surface area contributed by atoms with Crippen LogP contribution >= 0.6 is 0 Å². The van der Waals surface area contributed by atoms with Gasteiger partial charge in [-0.3, -0.25) is 0 Å². The van der Waals surface area contributed by atoms with Gasteiger partial charge in [0.1, 0.15) is 0 Å². The Labute approximate surface area is 126 Å². The molecule has 1 heterocycles. The third-order valence-electron chi connectivity index (χ3n) is 3.85. The summed E-state index contributed by atoms with van der Waals surface area (Å²) in [5, 5.41) is 8.71. The lowest BCUT2D eigenvalue weighted by molar-refractivity contribution is -0.904. The zero-order valence-corrected chi connectivity index (χ0v) is 13.0. The van der Waals surface area contributed by atoms with Crippen molar-refractivity contribution in [3.05, 3.63) is 29.8 Å². The molecule has 21 heavy (non-hydrogen) atoms. The number of nitrogens with zero attached hydrogens (tertiary/aromatic N) is 1. The molecule has 1 aliphatic heterocycles. The monoisotopic (exact) mass is 308 g/mol. The molecule has 0 saturated carbocycles. The van der Waals surface area contributed by atoms with Gasteiger partial charge in [0.25, 0.3) is 0 Å². The normalized spacial score (nSPS) is 16.5. The van der Waals surface area contributed by atoms with E-state index < -0.39 is 10.0 Å². The molecule has 0 spiro atoms. The van der Waals surface area contributed by atoms with Gasteiger partial charge in [-0.1, -0.05) is 0 Å². The second-order valence-corrected chi connectivity index (χ2v) is 7.22. The van der Waals surface area contributed by atoms with Crippen molar-refractivity contribution in [2.24, 2.45) is 0 Å². The summed E-state index contributed by atoms with van der Waals surface area (Å²) in [5.41, 5.74) is 0.461. The Morgan fingerprint density at radius 1 is 1.14 bits per heavy atom. The van der Waals surface area contributed by atoms with Crippen molar-refractivity contribution in [1.82, 2.24) is 4.72 Å². The SMILES string of the molecule is N#Cc1ccc(S(=O)(=O)NCCC[NH+]2CCCCC2)cc1. The number of piperidine rings is 1. The van der Waals surface area contributed by atoms with Crippen molar-refractivity contribution in [1.29, 1.82) is 5.26 Å². The lowest BCUT2D eigenvalue weighted by atomic mass is 10.1. The predicted octanol–water partition coefficient (Wildman–Crippen LogP) is 0.295. The minimum absolute atomic E-state index is 0.215. The van der Waals surface area contributed by atoms with Gasteiger partial charge in [0, 0.05) is 13.0 Å². The van der Waals surface area contributed by atoms with E-state index in [1.165, 1.54) is 56.6 Å². The van der Waals surface area contributed by atoms with Gasteiger partial charge in [0.05, 0.1) is 36.2 Å². The van der Waals surface area contributed by atoms with E-state index in [2.05, 4.69) is 4.72 Å². The average molecular weight is 308 g/mol. The molecule has 1 saturated heterocycles. The summed E-state index contributed by atoms with van der Waals surface area (Å²) in [6, 6.07) is 7.95. The second kappa shape index (κ2) is 7.55. The molecule has 0 aliphatic carbocycles. The Morgan fingerprint density at radius 3 is 2.43 bits per heavy atom. The molecule has 0 amide bonds. The average Bonchev–Trinajstić information content (AvgIpc) is 2.53. The number of sulfonamides is 1. The van der Waals surface area contributed by atoms with Crippen LogP contribution in [0, 0.1) is 11.3 Å². The van der Waals surface area contributed by atoms with Crippen LogP contribution in [0.15, 0.2) is 29.2 Å². The number of nitrogens with one attached hydrogen (secondary N) is 2. The maximum Gasteiger partial charge on any atom is 0.240 e. The largest absolute Gasteiger partial charge is 0.335 e. The minimum Gasteiger partial charge on any atom is -0.335 e. The number of likely N-dealkylation sites (tertiary alicyclic amines) is 1. The minimum atomic E-state index is -3.46. The summed E-state index contributed by atoms with van der Waals surface area (Å²) in [4.78, 5) is 1.80. The van der Waals surface area contributed by atoms with Gasteiger partial charge < -0.3 is 4.90 Å². The van der Waals surface area contributed by atoms with Gasteiger partial charge >= 0.3 is 0 Å². The van der Waals surface area contributed by atoms with Crippen molar-refractivity contribution < 1.29 is 13.3 Å². The smallest absolute Gasteiger partial charge is 0.240 e. The number of rotatable bonds is 6. The lowest BCUT2D eigenvalue weighted by Gasteiger charge is -2.23. The van der Waals surface area contributed by atoms with Crippen LogP contribution < -0.4 is 9.62 Å². The molecule has 0 bridgehead atoms. The molecular formula is C15H22N3O2S+. The molecule has 2 rings (SSSR count). The number of hydrogen-bond donors (Lipinski definition) is 2. The van der Waals surface area contributed by atoms with Gasteiger partial charge in [0.15, 0.2) is 0 Å². The van der Waals surface area contributed by atoms with Crippen molar-refractivity contribution in [2.75, 3.05) is 26.2 Å². The second-order valence-electron chi connectivity index (χ2n) is 5.45. The molecule has 6 heteroatoms. The van der Waals surface area contributed by atoms with E-state index in [0.29, 0.717) is 12.1 Å². The van der Waals surface area contributed by atoms with Gasteiger partial charge in [-0.2, -0.15) is 5.26 Å². The molecule has 1 aromatic carbocycles. The van der Waals surface area contributed by atoms with E-state index in [1.54, 1.807) is 4.90 Å². The first-order valence-electron chi connectivity index (χ1n) is 7.45. The zero-order valence-electron chi connectivity index (χ0n) is 12.1. The third kappa shape index (κ3) is 4.81. The Morgan fingerprint density at radius 2 is 1.81 bits per heavy atom. The third-order valence-corrected chi connectivity index (χ3v) is 5.33. The van der Waals surface area contributed by atoms with Gasteiger partial charge in [-0.25, -0.2) is 13.1 Å². The summed E-state index contributed by atoms with van der Waals surface area (Å²) >= 11 is 0. The van der Waals surface area contributed by atoms with Crippen LogP contribution in [0.1, 0.15) is 31.2 Å². The first-order valence-corrected chi connectivity index (χ1v) is 8.93. The van der Waals surface area contributed by atoms with E-state index >= 15 is 0 Å². The van der Waals surface area contributed by atoms with Crippen molar-refractivity contribution in [2.45, 2.75) is 30.6 Å². The fourth-order valence-electron chi connectivity index (χ4n) is 2.64. The van der Waals surface area contributed by atoms with Crippen LogP contribution in [0.25, 0.3) is 0 Å². The topological polar surface area (TPSA) is 74.4 Å². The van der Waals surface area contributed by atoms with Gasteiger partial charge in [-0.05, 0) is 43.5 Å². The highest BCUT2D eigenvalue weighted by atomic mass is 32.2. The first-order chi connectivity index (χ1) is 10.1. The van der Waals surface area contributed by atoms with Crippen LogP contribution in [-0.4, -0.2) is 34.6 Å². The summed E-state index contributed by atoms with van der Waals surface area (Å²) in [5.74, 6) is 0. The Hall–Kier alpha value is -1.42. The van der Waals surface area contributed by atoms with Crippen LogP contribution in [-0.2, 0) is 10.0 Å². The highest BCUT2D eigenvalue weighted by Gasteiger charge is 2.15. The molecule has 0 atom stereocenters. The van der Waals surface area contributed by atoms with Crippen molar-refractivity contribution in [3.8, 4) is 6.07 Å². The Bertz CT molecular complexity index is 584. The molecule has 1 aliphatic rings. The Balaban J connectivity index is 1.79. The molecule has 0 aromatic heterocycles. The summed E-state index contributed by atoms with van der Waals surface area (Å²) < 4.78 is 26.8. The van der Waals surface area contributed by atoms with Crippen LogP contribution in [0.4, 0.5) is 0 Å². The lowest BCUT2D eigenvalue weighted by Crippen LogP contribution is -3.12. The number of hydrogen-bond acceptors (Lipinski definition) is 3. The standard InChI is InChI=1S/C15H21N3O2S/c16-13-14-5-7-15(8-6-14)21(19,20)17-9-4-12-18-10-2-1-3-11-18/h5-8,17H,1-4,9-12H2/p+1. The molecule has 1 aromatic rings. The van der Waals surface area contributed by atoms with Gasteiger partial charge in [0.2, 0.25) is 10.0 Å². The fraction of sp³-hybridized carbons (Fsp3) is 0.533. The summed E-state index contributed by atoms with van der Waals surface area (Å²) in [6.07, 6.45) is 4.75. The highest BCUT2D eigenvalue weighted by molar-refractivity contribution is 7.89. The van der Waals surface area contributed by atoms with Crippen LogP contribution in [0.2, 0.25) is 0 Å². The van der Waals surface area contributed by atoms with Crippen LogP contribution in [0.5, 0.6) is 0 Å². The molecule has 0 radical (unpaired) electrons. The van der Waals surface area contributed by atoms with E-state index in [-0.39, 0.29) is 4.90 Å². The maximum absolute atomic E-state index is 12.1. The number of quaternary nitrogens is 1. The Kier molecular flexibility index (Phi) is 5.74. The summed E-state index contributed by atoms with van der Waals surface area (Å²) in [7, 11) is -3.46. The summed E-state index contributed by atoms with van der Waals surface area (Å²) in [6.45, 7) is 3.91. The number of benzene rings is 1. The fourth-order valence-corrected chi connectivity index (χ4v) is 3.71. The van der Waals surface area contributed by atoms with E-state index in [0.717, 1.165) is 13.0 Å². The van der Waals surface area contributed by atoms with Crippen molar-refractivity contribution in [3.63, 3.8) is 0 Å². The predicted molar refractivity (Wildman–Crippen MR) is 80.4 cm³/mol. The zero-order chi connectivity index (χ0) is 15.1. The molecule has 5 nitrogen and oxygen atoms in total. The quantitative estimate of drug-likeness (QED) is 0.742. The molecule has 2 N–H and O–H groups in total. The maximum atomic E-state index is 12.1. The van der Waals surface area contributed by atoms with Crippen molar-refractivity contribution >= 4 is 10.0 Å². The molecule has 114 valence electrons. The number of nitriles is 1. The van der Waals surface area contributed by atoms with E-state index in [9.17, 15) is 8.42 Å². The molecule has 0 unspecified atom stereocenters. The molecule has 1 fully saturated rings.